The van der Waals surface area contributed by atoms with Gasteiger partial charge in [-0.25, -0.2) is 4.98 Å². The lowest BCUT2D eigenvalue weighted by Gasteiger charge is -2.11. The summed E-state index contributed by atoms with van der Waals surface area (Å²) >= 11 is 0. The minimum Gasteiger partial charge on any atom is -0.506 e. The average molecular weight is 383 g/mol. The Kier molecular flexibility index (Phi) is 5.49. The Bertz CT molecular complexity index is 1090. The Morgan fingerprint density at radius 1 is 1.18 bits per heavy atom. The molecule has 0 spiro atoms. The van der Waals surface area contributed by atoms with Crippen molar-refractivity contribution in [3.8, 4) is 17.2 Å². The van der Waals surface area contributed by atoms with Gasteiger partial charge in [-0.2, -0.15) is 0 Å². The summed E-state index contributed by atoms with van der Waals surface area (Å²) in [6, 6.07) is 8.15. The first kappa shape index (κ1) is 19.2. The smallest absolute Gasteiger partial charge is 0.261 e. The van der Waals surface area contributed by atoms with E-state index in [0.717, 1.165) is 5.56 Å². The number of rotatable bonds is 6. The number of ether oxygens (including phenoxy) is 2. The minimum atomic E-state index is -0.319. The van der Waals surface area contributed by atoms with Gasteiger partial charge in [-0.3, -0.25) is 14.2 Å². The molecule has 1 amide bonds. The van der Waals surface area contributed by atoms with Crippen molar-refractivity contribution in [3.63, 3.8) is 0 Å². The Morgan fingerprint density at radius 2 is 1.89 bits per heavy atom. The average Bonchev–Trinajstić information content (AvgIpc) is 2.69. The van der Waals surface area contributed by atoms with Crippen molar-refractivity contribution in [1.82, 2.24) is 9.55 Å². The van der Waals surface area contributed by atoms with E-state index in [1.54, 1.807) is 24.3 Å². The lowest BCUT2D eigenvalue weighted by molar-refractivity contribution is -0.116. The van der Waals surface area contributed by atoms with Gasteiger partial charge in [0.1, 0.15) is 5.75 Å². The number of benzene rings is 2. The monoisotopic (exact) mass is 383 g/mol. The standard InChI is InChI=1S/C20H21N3O5/c1-12-4-5-16(24)15(8-12)22-19(25)6-7-23-11-21-14-10-18(28-3)17(27-2)9-13(14)20(23)26/h4-5,8-11,24H,6-7H2,1-3H3,(H,22,25). The zero-order valence-electron chi connectivity index (χ0n) is 15.9. The van der Waals surface area contributed by atoms with Gasteiger partial charge in [0.15, 0.2) is 11.5 Å². The molecule has 0 atom stereocenters. The van der Waals surface area contributed by atoms with Crippen LogP contribution in [0.4, 0.5) is 5.69 Å². The van der Waals surface area contributed by atoms with Crippen LogP contribution in [0.3, 0.4) is 0 Å². The molecule has 28 heavy (non-hydrogen) atoms. The van der Waals surface area contributed by atoms with Crippen molar-refractivity contribution < 1.29 is 19.4 Å². The molecule has 0 saturated carbocycles. The Morgan fingerprint density at radius 3 is 2.61 bits per heavy atom. The molecule has 3 aromatic rings. The number of nitrogens with zero attached hydrogens (tertiary/aromatic N) is 2. The third-order valence-corrected chi connectivity index (χ3v) is 4.34. The highest BCUT2D eigenvalue weighted by atomic mass is 16.5. The summed E-state index contributed by atoms with van der Waals surface area (Å²) in [7, 11) is 3.00. The Hall–Kier alpha value is -3.55. The third kappa shape index (κ3) is 3.90. The van der Waals surface area contributed by atoms with E-state index >= 15 is 0 Å². The second-order valence-corrected chi connectivity index (χ2v) is 6.29. The van der Waals surface area contributed by atoms with E-state index in [2.05, 4.69) is 10.3 Å². The first-order valence-electron chi connectivity index (χ1n) is 8.63. The van der Waals surface area contributed by atoms with Gasteiger partial charge in [0.25, 0.3) is 5.56 Å². The summed E-state index contributed by atoms with van der Waals surface area (Å²) in [6.07, 6.45) is 1.45. The van der Waals surface area contributed by atoms with Crippen LogP contribution in [-0.2, 0) is 11.3 Å². The highest BCUT2D eigenvalue weighted by Gasteiger charge is 2.12. The fraction of sp³-hybridized carbons (Fsp3) is 0.250. The molecule has 1 aromatic heterocycles. The van der Waals surface area contributed by atoms with Crippen LogP contribution in [0.25, 0.3) is 10.9 Å². The number of phenolic OH excluding ortho intramolecular Hbond substituents is 1. The summed E-state index contributed by atoms with van der Waals surface area (Å²) in [6.45, 7) is 2.01. The van der Waals surface area contributed by atoms with Crippen LogP contribution in [0.1, 0.15) is 12.0 Å². The van der Waals surface area contributed by atoms with E-state index in [-0.39, 0.29) is 30.2 Å². The summed E-state index contributed by atoms with van der Waals surface area (Å²) < 4.78 is 11.8. The van der Waals surface area contributed by atoms with Gasteiger partial charge in [-0.1, -0.05) is 6.07 Å². The molecule has 146 valence electrons. The molecular weight excluding hydrogens is 362 g/mol. The van der Waals surface area contributed by atoms with Crippen molar-refractivity contribution in [2.75, 3.05) is 19.5 Å². The quantitative estimate of drug-likeness (QED) is 0.634. The van der Waals surface area contributed by atoms with Crippen LogP contribution < -0.4 is 20.3 Å². The van der Waals surface area contributed by atoms with Crippen molar-refractivity contribution in [2.45, 2.75) is 19.9 Å². The number of carbonyl (C=O) groups is 1. The lowest BCUT2D eigenvalue weighted by atomic mass is 10.2. The summed E-state index contributed by atoms with van der Waals surface area (Å²) in [5.74, 6) is 0.584. The molecule has 0 aliphatic heterocycles. The largest absolute Gasteiger partial charge is 0.506 e. The topological polar surface area (TPSA) is 103 Å². The number of amides is 1. The Balaban J connectivity index is 1.79. The molecule has 0 saturated heterocycles. The van der Waals surface area contributed by atoms with Crippen molar-refractivity contribution in [2.24, 2.45) is 0 Å². The molecule has 8 heteroatoms. The molecule has 3 rings (SSSR count). The van der Waals surface area contributed by atoms with Gasteiger partial charge in [-0.15, -0.1) is 0 Å². The van der Waals surface area contributed by atoms with Gasteiger partial charge in [-0.05, 0) is 30.7 Å². The molecule has 0 unspecified atom stereocenters. The van der Waals surface area contributed by atoms with Crippen LogP contribution in [0.2, 0.25) is 0 Å². The maximum Gasteiger partial charge on any atom is 0.261 e. The van der Waals surface area contributed by atoms with Gasteiger partial charge in [0.2, 0.25) is 5.91 Å². The number of phenols is 1. The number of hydrogen-bond donors (Lipinski definition) is 2. The highest BCUT2D eigenvalue weighted by Crippen LogP contribution is 2.29. The zero-order valence-corrected chi connectivity index (χ0v) is 15.9. The van der Waals surface area contributed by atoms with Crippen LogP contribution >= 0.6 is 0 Å². The minimum absolute atomic E-state index is 0.00969. The lowest BCUT2D eigenvalue weighted by Crippen LogP contribution is -2.23. The van der Waals surface area contributed by atoms with Crippen molar-refractivity contribution >= 4 is 22.5 Å². The van der Waals surface area contributed by atoms with Gasteiger partial charge in [0, 0.05) is 19.0 Å². The number of fused-ring (bicyclic) bond motifs is 1. The van der Waals surface area contributed by atoms with Crippen molar-refractivity contribution in [1.29, 1.82) is 0 Å². The molecule has 0 fully saturated rings. The number of hydrogen-bond acceptors (Lipinski definition) is 6. The fourth-order valence-electron chi connectivity index (χ4n) is 2.83. The SMILES string of the molecule is COc1cc2ncn(CCC(=O)Nc3cc(C)ccc3O)c(=O)c2cc1OC. The molecule has 0 aliphatic rings. The first-order valence-corrected chi connectivity index (χ1v) is 8.63. The molecule has 8 nitrogen and oxygen atoms in total. The predicted molar refractivity (Wildman–Crippen MR) is 105 cm³/mol. The molecule has 0 aliphatic carbocycles. The zero-order chi connectivity index (χ0) is 20.3. The molecule has 2 N–H and O–H groups in total. The number of anilines is 1. The van der Waals surface area contributed by atoms with Gasteiger partial charge >= 0.3 is 0 Å². The number of nitrogens with one attached hydrogen (secondary N) is 1. The van der Waals surface area contributed by atoms with E-state index in [9.17, 15) is 14.7 Å². The van der Waals surface area contributed by atoms with E-state index < -0.39 is 0 Å². The number of carbonyl (C=O) groups excluding carboxylic acids is 1. The molecule has 2 aromatic carbocycles. The number of aromatic hydroxyl groups is 1. The highest BCUT2D eigenvalue weighted by molar-refractivity contribution is 5.92. The van der Waals surface area contributed by atoms with E-state index in [1.165, 1.54) is 31.2 Å². The number of aromatic nitrogens is 2. The third-order valence-electron chi connectivity index (χ3n) is 4.34. The van der Waals surface area contributed by atoms with E-state index in [4.69, 9.17) is 9.47 Å². The predicted octanol–water partition coefficient (Wildman–Crippen LogP) is 2.46. The maximum atomic E-state index is 12.7. The maximum absolute atomic E-state index is 12.7. The van der Waals surface area contributed by atoms with Crippen molar-refractivity contribution in [3.05, 3.63) is 52.6 Å². The first-order chi connectivity index (χ1) is 13.4. The van der Waals surface area contributed by atoms with E-state index in [1.807, 2.05) is 6.92 Å². The summed E-state index contributed by atoms with van der Waals surface area (Å²) in [5, 5.41) is 12.8. The van der Waals surface area contributed by atoms with Gasteiger partial charge in [0.05, 0.1) is 37.1 Å². The summed E-state index contributed by atoms with van der Waals surface area (Å²) in [5.41, 5.74) is 1.45. The molecule has 0 radical (unpaired) electrons. The molecule has 0 bridgehead atoms. The Labute approximate surface area is 161 Å². The van der Waals surface area contributed by atoms with Crippen LogP contribution in [-0.4, -0.2) is 34.8 Å². The summed E-state index contributed by atoms with van der Waals surface area (Å²) in [4.78, 5) is 29.2. The van der Waals surface area contributed by atoms with Crippen LogP contribution in [0.15, 0.2) is 41.5 Å². The molecule has 1 heterocycles. The van der Waals surface area contributed by atoms with Crippen LogP contribution in [0, 0.1) is 6.92 Å². The van der Waals surface area contributed by atoms with E-state index in [0.29, 0.717) is 28.1 Å². The fourth-order valence-corrected chi connectivity index (χ4v) is 2.83. The number of methoxy groups -OCH3 is 2. The molecular formula is C20H21N3O5. The van der Waals surface area contributed by atoms with Crippen LogP contribution in [0.5, 0.6) is 17.2 Å². The second-order valence-electron chi connectivity index (χ2n) is 6.29. The number of aryl methyl sites for hydroxylation is 2. The second kappa shape index (κ2) is 7.99. The normalized spacial score (nSPS) is 10.7. The van der Waals surface area contributed by atoms with Gasteiger partial charge < -0.3 is 19.9 Å².